The van der Waals surface area contributed by atoms with Gasteiger partial charge in [0.15, 0.2) is 0 Å². The Hall–Kier alpha value is -0.940. The van der Waals surface area contributed by atoms with Crippen molar-refractivity contribution in [2.24, 2.45) is 0 Å². The Morgan fingerprint density at radius 2 is 2.17 bits per heavy atom. The number of carbonyl (C=O) groups excluding carboxylic acids is 1. The second-order valence-corrected chi connectivity index (χ2v) is 5.48. The number of carbonyl (C=O) groups is 1. The summed E-state index contributed by atoms with van der Waals surface area (Å²) in [5, 5.41) is 3.08. The Balaban J connectivity index is 2.03. The molecule has 0 N–H and O–H groups in total. The van der Waals surface area contributed by atoms with Gasteiger partial charge in [0.1, 0.15) is 10.6 Å². The van der Waals surface area contributed by atoms with E-state index >= 15 is 0 Å². The Kier molecular flexibility index (Phi) is 4.35. The molecule has 1 aromatic heterocycles. The smallest absolute Gasteiger partial charge is 0.305 e. The van der Waals surface area contributed by atoms with Crippen LogP contribution in [0.15, 0.2) is 5.38 Å². The molecule has 1 aliphatic rings. The lowest BCUT2D eigenvalue weighted by Gasteiger charge is -2.24. The third-order valence-corrected chi connectivity index (χ3v) is 4.63. The minimum atomic E-state index is -0.188. The number of hydrogen-bond donors (Lipinski definition) is 0. The molecule has 1 heterocycles. The van der Waals surface area contributed by atoms with E-state index in [1.54, 1.807) is 18.4 Å². The second kappa shape index (κ2) is 5.80. The van der Waals surface area contributed by atoms with Gasteiger partial charge in [-0.3, -0.25) is 4.79 Å². The van der Waals surface area contributed by atoms with E-state index in [0.717, 1.165) is 23.5 Å². The summed E-state index contributed by atoms with van der Waals surface area (Å²) in [6.45, 7) is 0. The van der Waals surface area contributed by atoms with Crippen LogP contribution in [-0.4, -0.2) is 25.2 Å². The molecule has 1 fully saturated rings. The van der Waals surface area contributed by atoms with E-state index in [2.05, 4.69) is 9.72 Å². The lowest BCUT2D eigenvalue weighted by atomic mass is 10.0. The largest absolute Gasteiger partial charge is 0.469 e. The third kappa shape index (κ3) is 2.72. The highest BCUT2D eigenvalue weighted by Crippen LogP contribution is 2.42. The van der Waals surface area contributed by atoms with Crippen LogP contribution in [0.5, 0.6) is 0 Å². The van der Waals surface area contributed by atoms with Crippen LogP contribution in [0.1, 0.15) is 42.8 Å². The first-order valence-corrected chi connectivity index (χ1v) is 7.15. The van der Waals surface area contributed by atoms with Crippen molar-refractivity contribution in [3.05, 3.63) is 16.1 Å². The van der Waals surface area contributed by atoms with Crippen LogP contribution < -0.4 is 0 Å². The molecule has 0 spiro atoms. The fourth-order valence-corrected chi connectivity index (χ4v) is 3.51. The minimum absolute atomic E-state index is 0.172. The summed E-state index contributed by atoms with van der Waals surface area (Å²) >= 11 is 1.64. The van der Waals surface area contributed by atoms with Crippen molar-refractivity contribution >= 4 is 17.3 Å². The van der Waals surface area contributed by atoms with E-state index in [4.69, 9.17) is 4.74 Å². The van der Waals surface area contributed by atoms with Gasteiger partial charge < -0.3 is 9.47 Å². The SMILES string of the molecule is COC(=O)CCc1csc(C2(OC)CCCC2)n1. The van der Waals surface area contributed by atoms with Gasteiger partial charge in [-0.05, 0) is 12.8 Å². The number of rotatable bonds is 5. The van der Waals surface area contributed by atoms with Gasteiger partial charge in [0.2, 0.25) is 0 Å². The Bertz CT molecular complexity index is 410. The number of ether oxygens (including phenoxy) is 2. The number of esters is 1. The lowest BCUT2D eigenvalue weighted by Crippen LogP contribution is -2.24. The average molecular weight is 269 g/mol. The molecule has 0 unspecified atom stereocenters. The summed E-state index contributed by atoms with van der Waals surface area (Å²) in [4.78, 5) is 15.7. The maximum atomic E-state index is 11.1. The van der Waals surface area contributed by atoms with E-state index < -0.39 is 0 Å². The van der Waals surface area contributed by atoms with Crippen LogP contribution in [-0.2, 0) is 26.3 Å². The van der Waals surface area contributed by atoms with Gasteiger partial charge in [0, 0.05) is 18.9 Å². The first kappa shape index (κ1) is 13.5. The first-order chi connectivity index (χ1) is 8.70. The highest BCUT2D eigenvalue weighted by Gasteiger charge is 2.38. The van der Waals surface area contributed by atoms with Gasteiger partial charge in [-0.1, -0.05) is 12.8 Å². The van der Waals surface area contributed by atoms with Crippen molar-refractivity contribution in [3.8, 4) is 0 Å². The van der Waals surface area contributed by atoms with Crippen molar-refractivity contribution in [1.82, 2.24) is 4.98 Å². The molecule has 5 heteroatoms. The van der Waals surface area contributed by atoms with Gasteiger partial charge in [-0.15, -0.1) is 11.3 Å². The fourth-order valence-electron chi connectivity index (χ4n) is 2.41. The van der Waals surface area contributed by atoms with Gasteiger partial charge in [-0.2, -0.15) is 0 Å². The molecule has 1 aromatic rings. The second-order valence-electron chi connectivity index (χ2n) is 4.63. The summed E-state index contributed by atoms with van der Waals surface area (Å²) in [7, 11) is 3.17. The molecular weight excluding hydrogens is 250 g/mol. The zero-order valence-corrected chi connectivity index (χ0v) is 11.7. The highest BCUT2D eigenvalue weighted by molar-refractivity contribution is 7.09. The molecule has 2 rings (SSSR count). The van der Waals surface area contributed by atoms with Gasteiger partial charge >= 0.3 is 5.97 Å². The quantitative estimate of drug-likeness (QED) is 0.771. The minimum Gasteiger partial charge on any atom is -0.469 e. The van der Waals surface area contributed by atoms with Crippen LogP contribution >= 0.6 is 11.3 Å². The van der Waals surface area contributed by atoms with Gasteiger partial charge in [0.25, 0.3) is 0 Å². The van der Waals surface area contributed by atoms with Crippen molar-refractivity contribution in [3.63, 3.8) is 0 Å². The molecule has 100 valence electrons. The van der Waals surface area contributed by atoms with Crippen LogP contribution in [0.4, 0.5) is 0 Å². The molecule has 0 bridgehead atoms. The van der Waals surface area contributed by atoms with E-state index in [-0.39, 0.29) is 11.6 Å². The van der Waals surface area contributed by atoms with Gasteiger partial charge in [-0.25, -0.2) is 4.98 Å². The number of nitrogens with zero attached hydrogens (tertiary/aromatic N) is 1. The Morgan fingerprint density at radius 3 is 2.78 bits per heavy atom. The normalized spacial score (nSPS) is 17.9. The third-order valence-electron chi connectivity index (χ3n) is 3.56. The van der Waals surface area contributed by atoms with E-state index in [1.165, 1.54) is 20.0 Å². The molecule has 0 radical (unpaired) electrons. The summed E-state index contributed by atoms with van der Waals surface area (Å²) in [6.07, 6.45) is 5.53. The Labute approximate surface area is 111 Å². The number of thiazole rings is 1. The van der Waals surface area contributed by atoms with E-state index in [1.807, 2.05) is 5.38 Å². The number of aryl methyl sites for hydroxylation is 1. The molecule has 4 nitrogen and oxygen atoms in total. The molecule has 0 saturated heterocycles. The van der Waals surface area contributed by atoms with Crippen LogP contribution in [0, 0.1) is 0 Å². The number of methoxy groups -OCH3 is 2. The van der Waals surface area contributed by atoms with Crippen LogP contribution in [0.25, 0.3) is 0 Å². The Morgan fingerprint density at radius 1 is 1.44 bits per heavy atom. The predicted octanol–water partition coefficient (Wildman–Crippen LogP) is 2.66. The lowest BCUT2D eigenvalue weighted by molar-refractivity contribution is -0.140. The average Bonchev–Trinajstić information content (AvgIpc) is 3.05. The summed E-state index contributed by atoms with van der Waals surface area (Å²) < 4.78 is 10.3. The zero-order valence-electron chi connectivity index (χ0n) is 10.9. The van der Waals surface area contributed by atoms with Crippen LogP contribution in [0.3, 0.4) is 0 Å². The zero-order chi connectivity index (χ0) is 13.0. The standard InChI is InChI=1S/C13H19NO3S/c1-16-11(15)6-5-10-9-18-12(14-10)13(17-2)7-3-4-8-13/h9H,3-8H2,1-2H3. The van der Waals surface area contributed by atoms with Gasteiger partial charge in [0.05, 0.1) is 19.2 Å². The molecule has 1 saturated carbocycles. The predicted molar refractivity (Wildman–Crippen MR) is 69.6 cm³/mol. The topological polar surface area (TPSA) is 48.4 Å². The molecular formula is C13H19NO3S. The number of aromatic nitrogens is 1. The molecule has 0 amide bonds. The monoisotopic (exact) mass is 269 g/mol. The molecule has 0 atom stereocenters. The summed E-state index contributed by atoms with van der Waals surface area (Å²) in [5.74, 6) is -0.188. The molecule has 0 aliphatic heterocycles. The van der Waals surface area contributed by atoms with E-state index in [9.17, 15) is 4.79 Å². The maximum Gasteiger partial charge on any atom is 0.305 e. The van der Waals surface area contributed by atoms with Crippen molar-refractivity contribution in [2.45, 2.75) is 44.1 Å². The van der Waals surface area contributed by atoms with Crippen molar-refractivity contribution in [1.29, 1.82) is 0 Å². The highest BCUT2D eigenvalue weighted by atomic mass is 32.1. The molecule has 0 aromatic carbocycles. The summed E-state index contributed by atoms with van der Waals surface area (Å²) in [6, 6.07) is 0. The van der Waals surface area contributed by atoms with Crippen molar-refractivity contribution < 1.29 is 14.3 Å². The fraction of sp³-hybridized carbons (Fsp3) is 0.692. The maximum absolute atomic E-state index is 11.1. The first-order valence-electron chi connectivity index (χ1n) is 6.27. The van der Waals surface area contributed by atoms with Crippen molar-refractivity contribution in [2.75, 3.05) is 14.2 Å². The summed E-state index contributed by atoms with van der Waals surface area (Å²) in [5.41, 5.74) is 0.789. The molecule has 18 heavy (non-hydrogen) atoms. The van der Waals surface area contributed by atoms with Crippen LogP contribution in [0.2, 0.25) is 0 Å². The molecule has 1 aliphatic carbocycles. The van der Waals surface area contributed by atoms with E-state index in [0.29, 0.717) is 12.8 Å². The number of hydrogen-bond acceptors (Lipinski definition) is 5.